The summed E-state index contributed by atoms with van der Waals surface area (Å²) in [6.07, 6.45) is 1.94. The molecule has 0 atom stereocenters. The van der Waals surface area contributed by atoms with Crippen LogP contribution in [0.1, 0.15) is 5.69 Å². The van der Waals surface area contributed by atoms with Gasteiger partial charge in [0.05, 0.1) is 10.7 Å². The first-order valence-corrected chi connectivity index (χ1v) is 7.71. The first-order chi connectivity index (χ1) is 9.69. The van der Waals surface area contributed by atoms with Crippen LogP contribution < -0.4 is 4.74 Å². The summed E-state index contributed by atoms with van der Waals surface area (Å²) < 4.78 is 7.78. The fourth-order valence-corrected chi connectivity index (χ4v) is 2.72. The first-order valence-electron chi connectivity index (χ1n) is 5.84. The van der Waals surface area contributed by atoms with Gasteiger partial charge < -0.3 is 4.74 Å². The first kappa shape index (κ1) is 13.7. The minimum Gasteiger partial charge on any atom is -0.436 e. The van der Waals surface area contributed by atoms with Crippen LogP contribution >= 0.6 is 39.1 Å². The van der Waals surface area contributed by atoms with E-state index in [1.165, 1.54) is 0 Å². The molecule has 6 heteroatoms. The second kappa shape index (κ2) is 5.64. The molecule has 2 heterocycles. The van der Waals surface area contributed by atoms with Gasteiger partial charge in [-0.25, -0.2) is 0 Å². The fraction of sp³-hybridized carbons (Fsp3) is 0.0714. The van der Waals surface area contributed by atoms with Crippen LogP contribution in [0.3, 0.4) is 0 Å². The van der Waals surface area contributed by atoms with Gasteiger partial charge in [0.15, 0.2) is 0 Å². The third kappa shape index (κ3) is 2.51. The summed E-state index contributed by atoms with van der Waals surface area (Å²) in [5.74, 6) is 1.00. The van der Waals surface area contributed by atoms with E-state index in [2.05, 4.69) is 20.9 Å². The summed E-state index contributed by atoms with van der Waals surface area (Å²) in [6, 6.07) is 10.9. The van der Waals surface area contributed by atoms with Crippen molar-refractivity contribution in [2.75, 3.05) is 0 Å². The van der Waals surface area contributed by atoms with Gasteiger partial charge in [-0.1, -0.05) is 45.2 Å². The van der Waals surface area contributed by atoms with E-state index in [0.717, 1.165) is 11.3 Å². The average Bonchev–Trinajstić information content (AvgIpc) is 2.80. The molecule has 0 bridgehead atoms. The molecule has 0 aliphatic rings. The Bertz CT molecular complexity index is 773. The van der Waals surface area contributed by atoms with E-state index in [1.807, 2.05) is 28.8 Å². The lowest BCUT2D eigenvalue weighted by Gasteiger charge is -2.06. The van der Waals surface area contributed by atoms with Crippen molar-refractivity contribution < 1.29 is 4.74 Å². The van der Waals surface area contributed by atoms with E-state index in [0.29, 0.717) is 27.0 Å². The van der Waals surface area contributed by atoms with Crippen molar-refractivity contribution in [2.24, 2.45) is 0 Å². The second-order valence-electron chi connectivity index (χ2n) is 4.10. The van der Waals surface area contributed by atoms with Gasteiger partial charge >= 0.3 is 0 Å². The van der Waals surface area contributed by atoms with Crippen molar-refractivity contribution in [1.29, 1.82) is 0 Å². The largest absolute Gasteiger partial charge is 0.436 e. The third-order valence-corrected chi connectivity index (χ3v) is 3.90. The lowest BCUT2D eigenvalue weighted by molar-refractivity contribution is 0.462. The van der Waals surface area contributed by atoms with Crippen LogP contribution in [0, 0.1) is 0 Å². The molecule has 20 heavy (non-hydrogen) atoms. The number of imidazole rings is 1. The molecule has 0 spiro atoms. The smallest absolute Gasteiger partial charge is 0.242 e. The summed E-state index contributed by atoms with van der Waals surface area (Å²) in [5, 5.41) is 1.67. The Balaban J connectivity index is 2.08. The number of nitrogens with zero attached hydrogens (tertiary/aromatic N) is 2. The van der Waals surface area contributed by atoms with Crippen LogP contribution in [0.2, 0.25) is 10.0 Å². The number of hydrogen-bond acceptors (Lipinski definition) is 2. The Morgan fingerprint density at radius 2 is 2.05 bits per heavy atom. The van der Waals surface area contributed by atoms with Crippen molar-refractivity contribution in [1.82, 2.24) is 9.38 Å². The summed E-state index contributed by atoms with van der Waals surface area (Å²) in [4.78, 5) is 4.46. The second-order valence-corrected chi connectivity index (χ2v) is 5.51. The van der Waals surface area contributed by atoms with Crippen molar-refractivity contribution >= 4 is 44.8 Å². The SMILES string of the molecule is Clc1ccc(Cl)c(Oc2nc3ccccn3c2CBr)c1. The monoisotopic (exact) mass is 370 g/mol. The summed E-state index contributed by atoms with van der Waals surface area (Å²) >= 11 is 15.5. The quantitative estimate of drug-likeness (QED) is 0.582. The Kier molecular flexibility index (Phi) is 3.87. The van der Waals surface area contributed by atoms with Crippen molar-refractivity contribution in [3.05, 3.63) is 58.3 Å². The number of halogens is 3. The zero-order chi connectivity index (χ0) is 14.1. The zero-order valence-corrected chi connectivity index (χ0v) is 13.3. The predicted molar refractivity (Wildman–Crippen MR) is 84.4 cm³/mol. The molecule has 3 nitrogen and oxygen atoms in total. The minimum atomic E-state index is 0.491. The van der Waals surface area contributed by atoms with Gasteiger partial charge in [0.1, 0.15) is 11.4 Å². The van der Waals surface area contributed by atoms with Gasteiger partial charge in [-0.05, 0) is 24.3 Å². The molecule has 0 radical (unpaired) electrons. The number of rotatable bonds is 3. The summed E-state index contributed by atoms with van der Waals surface area (Å²) in [7, 11) is 0. The van der Waals surface area contributed by atoms with Gasteiger partial charge in [-0.15, -0.1) is 0 Å². The highest BCUT2D eigenvalue weighted by Crippen LogP contribution is 2.33. The van der Waals surface area contributed by atoms with E-state index in [-0.39, 0.29) is 0 Å². The maximum absolute atomic E-state index is 6.11. The molecule has 0 fully saturated rings. The number of pyridine rings is 1. The van der Waals surface area contributed by atoms with Crippen molar-refractivity contribution in [2.45, 2.75) is 5.33 Å². The zero-order valence-electron chi connectivity index (χ0n) is 10.2. The summed E-state index contributed by atoms with van der Waals surface area (Å²) in [5.41, 5.74) is 1.73. The summed E-state index contributed by atoms with van der Waals surface area (Å²) in [6.45, 7) is 0. The molecular formula is C14H9BrCl2N2O. The van der Waals surface area contributed by atoms with Crippen LogP contribution in [0.15, 0.2) is 42.6 Å². The fourth-order valence-electron chi connectivity index (χ4n) is 1.89. The minimum absolute atomic E-state index is 0.491. The third-order valence-electron chi connectivity index (χ3n) is 2.82. The molecule has 3 aromatic rings. The predicted octanol–water partition coefficient (Wildman–Crippen LogP) is 5.33. The van der Waals surface area contributed by atoms with Crippen LogP contribution in [-0.2, 0) is 5.33 Å². The number of ether oxygens (including phenoxy) is 1. The van der Waals surface area contributed by atoms with Gasteiger partial charge in [-0.2, -0.15) is 4.98 Å². The molecule has 0 unspecified atom stereocenters. The van der Waals surface area contributed by atoms with E-state index in [4.69, 9.17) is 27.9 Å². The van der Waals surface area contributed by atoms with Crippen molar-refractivity contribution in [3.63, 3.8) is 0 Å². The van der Waals surface area contributed by atoms with E-state index >= 15 is 0 Å². The maximum Gasteiger partial charge on any atom is 0.242 e. The van der Waals surface area contributed by atoms with Gasteiger partial charge in [0, 0.05) is 22.6 Å². The lowest BCUT2D eigenvalue weighted by atomic mass is 10.3. The normalized spacial score (nSPS) is 10.9. The van der Waals surface area contributed by atoms with Gasteiger partial charge in [-0.3, -0.25) is 4.40 Å². The van der Waals surface area contributed by atoms with Gasteiger partial charge in [0.25, 0.3) is 0 Å². The van der Waals surface area contributed by atoms with Crippen molar-refractivity contribution in [3.8, 4) is 11.6 Å². The number of hydrogen-bond donors (Lipinski definition) is 0. The Hall–Kier alpha value is -1.23. The van der Waals surface area contributed by atoms with Crippen LogP contribution in [0.4, 0.5) is 0 Å². The highest BCUT2D eigenvalue weighted by molar-refractivity contribution is 9.08. The number of fused-ring (bicyclic) bond motifs is 1. The molecule has 0 saturated carbocycles. The molecule has 0 N–H and O–H groups in total. The highest BCUT2D eigenvalue weighted by Gasteiger charge is 2.14. The Morgan fingerprint density at radius 1 is 1.20 bits per heavy atom. The standard InChI is InChI=1S/C14H9BrCl2N2O/c15-8-11-14(18-13-3-1-2-6-19(11)13)20-12-7-9(16)4-5-10(12)17/h1-7H,8H2. The number of aromatic nitrogens is 2. The van der Waals surface area contributed by atoms with E-state index in [1.54, 1.807) is 18.2 Å². The van der Waals surface area contributed by atoms with E-state index < -0.39 is 0 Å². The molecule has 0 amide bonds. The molecule has 0 saturated heterocycles. The van der Waals surface area contributed by atoms with Crippen LogP contribution in [0.25, 0.3) is 5.65 Å². The topological polar surface area (TPSA) is 26.5 Å². The molecule has 1 aromatic carbocycles. The maximum atomic E-state index is 6.11. The molecule has 2 aromatic heterocycles. The molecule has 102 valence electrons. The molecular weight excluding hydrogens is 363 g/mol. The number of alkyl halides is 1. The van der Waals surface area contributed by atoms with Gasteiger partial charge in [0.2, 0.25) is 5.88 Å². The molecule has 0 aliphatic carbocycles. The Morgan fingerprint density at radius 3 is 2.85 bits per heavy atom. The molecule has 3 rings (SSSR count). The number of benzene rings is 1. The Labute approximate surface area is 134 Å². The van der Waals surface area contributed by atoms with E-state index in [9.17, 15) is 0 Å². The average molecular weight is 372 g/mol. The molecule has 0 aliphatic heterocycles. The highest BCUT2D eigenvalue weighted by atomic mass is 79.9. The lowest BCUT2D eigenvalue weighted by Crippen LogP contribution is -1.92. The van der Waals surface area contributed by atoms with Crippen LogP contribution in [-0.4, -0.2) is 9.38 Å². The van der Waals surface area contributed by atoms with Crippen LogP contribution in [0.5, 0.6) is 11.6 Å².